The van der Waals surface area contributed by atoms with Gasteiger partial charge in [-0.2, -0.15) is 5.10 Å². The number of hydrogen-bond acceptors (Lipinski definition) is 7. The van der Waals surface area contributed by atoms with Gasteiger partial charge < -0.3 is 9.47 Å². The van der Waals surface area contributed by atoms with Crippen molar-refractivity contribution < 1.29 is 19.2 Å². The quantitative estimate of drug-likeness (QED) is 0.212. The van der Waals surface area contributed by atoms with E-state index < -0.39 is 10.9 Å². The first-order chi connectivity index (χ1) is 14.1. The Morgan fingerprint density at radius 1 is 1.03 bits per heavy atom. The summed E-state index contributed by atoms with van der Waals surface area (Å²) in [5.41, 5.74) is 4.33. The molecule has 0 aromatic heterocycles. The first-order valence-electron chi connectivity index (χ1n) is 8.55. The molecule has 29 heavy (non-hydrogen) atoms. The van der Waals surface area contributed by atoms with Crippen molar-refractivity contribution in [1.82, 2.24) is 0 Å². The van der Waals surface area contributed by atoms with Crippen molar-refractivity contribution in [1.29, 1.82) is 0 Å². The standard InChI is InChI=1S/C21H17N3O5/c1-28-19-12-6-15(7-13-19)21(25)29-20-5-3-2-4-16(20)14-22-23-17-8-10-18(11-9-17)24(26)27/h2-14,23H,1H3. The topological polar surface area (TPSA) is 103 Å². The minimum Gasteiger partial charge on any atom is -0.497 e. The summed E-state index contributed by atoms with van der Waals surface area (Å²) >= 11 is 0. The second-order valence-corrected chi connectivity index (χ2v) is 5.83. The summed E-state index contributed by atoms with van der Waals surface area (Å²) in [7, 11) is 1.55. The lowest BCUT2D eigenvalue weighted by Gasteiger charge is -2.08. The third kappa shape index (κ3) is 5.16. The number of ether oxygens (including phenoxy) is 2. The summed E-state index contributed by atoms with van der Waals surface area (Å²) in [4.78, 5) is 22.6. The predicted octanol–water partition coefficient (Wildman–Crippen LogP) is 4.27. The van der Waals surface area contributed by atoms with E-state index in [2.05, 4.69) is 10.5 Å². The van der Waals surface area contributed by atoms with Crippen LogP contribution in [0.5, 0.6) is 11.5 Å². The molecule has 0 bridgehead atoms. The van der Waals surface area contributed by atoms with Crippen LogP contribution in [0.2, 0.25) is 0 Å². The third-order valence-electron chi connectivity index (χ3n) is 3.92. The monoisotopic (exact) mass is 391 g/mol. The molecule has 0 aliphatic heterocycles. The van der Waals surface area contributed by atoms with E-state index in [0.717, 1.165) is 0 Å². The maximum Gasteiger partial charge on any atom is 0.343 e. The molecular formula is C21H17N3O5. The highest BCUT2D eigenvalue weighted by molar-refractivity contribution is 5.93. The molecular weight excluding hydrogens is 374 g/mol. The normalized spacial score (nSPS) is 10.5. The van der Waals surface area contributed by atoms with Crippen molar-refractivity contribution >= 4 is 23.6 Å². The molecule has 146 valence electrons. The molecule has 0 amide bonds. The number of hydrogen-bond donors (Lipinski definition) is 1. The van der Waals surface area contributed by atoms with Crippen LogP contribution in [0.25, 0.3) is 0 Å². The smallest absolute Gasteiger partial charge is 0.343 e. The minimum atomic E-state index is -0.503. The molecule has 0 spiro atoms. The molecule has 1 N–H and O–H groups in total. The van der Waals surface area contributed by atoms with Crippen LogP contribution in [0.3, 0.4) is 0 Å². The summed E-state index contributed by atoms with van der Waals surface area (Å²) in [6, 6.07) is 19.4. The first kappa shape index (κ1) is 19.6. The van der Waals surface area contributed by atoms with Crippen LogP contribution in [-0.2, 0) is 0 Å². The molecule has 0 saturated carbocycles. The molecule has 0 aliphatic carbocycles. The largest absolute Gasteiger partial charge is 0.497 e. The van der Waals surface area contributed by atoms with E-state index in [1.54, 1.807) is 67.8 Å². The predicted molar refractivity (Wildman–Crippen MR) is 109 cm³/mol. The van der Waals surface area contributed by atoms with Crippen LogP contribution in [0.4, 0.5) is 11.4 Å². The molecule has 8 heteroatoms. The number of anilines is 1. The summed E-state index contributed by atoms with van der Waals surface area (Å²) in [5.74, 6) is 0.491. The van der Waals surface area contributed by atoms with Gasteiger partial charge in [-0.25, -0.2) is 4.79 Å². The summed E-state index contributed by atoms with van der Waals surface area (Å²) < 4.78 is 10.6. The number of esters is 1. The Balaban J connectivity index is 1.68. The number of para-hydroxylation sites is 1. The molecule has 0 radical (unpaired) electrons. The zero-order valence-corrected chi connectivity index (χ0v) is 15.4. The lowest BCUT2D eigenvalue weighted by molar-refractivity contribution is -0.384. The lowest BCUT2D eigenvalue weighted by atomic mass is 10.2. The fourth-order valence-electron chi connectivity index (χ4n) is 2.40. The first-order valence-corrected chi connectivity index (χ1v) is 8.55. The SMILES string of the molecule is COc1ccc(C(=O)Oc2ccccc2C=NNc2ccc([N+](=O)[O-])cc2)cc1. The number of carbonyl (C=O) groups excluding carboxylic acids is 1. The van der Waals surface area contributed by atoms with Gasteiger partial charge in [0.2, 0.25) is 0 Å². The second kappa shape index (κ2) is 9.14. The highest BCUT2D eigenvalue weighted by Crippen LogP contribution is 2.20. The third-order valence-corrected chi connectivity index (χ3v) is 3.92. The van der Waals surface area contributed by atoms with Crippen molar-refractivity contribution in [2.24, 2.45) is 5.10 Å². The molecule has 0 atom stereocenters. The Morgan fingerprint density at radius 3 is 2.38 bits per heavy atom. The zero-order valence-electron chi connectivity index (χ0n) is 15.4. The van der Waals surface area contributed by atoms with Gasteiger partial charge in [-0.1, -0.05) is 12.1 Å². The molecule has 0 aliphatic rings. The van der Waals surface area contributed by atoms with E-state index in [0.29, 0.717) is 28.3 Å². The maximum absolute atomic E-state index is 12.4. The van der Waals surface area contributed by atoms with Gasteiger partial charge in [-0.05, 0) is 48.5 Å². The number of nitro benzene ring substituents is 1. The van der Waals surface area contributed by atoms with E-state index >= 15 is 0 Å². The maximum atomic E-state index is 12.4. The van der Waals surface area contributed by atoms with E-state index in [1.807, 2.05) is 0 Å². The Kier molecular flexibility index (Phi) is 6.16. The summed E-state index contributed by atoms with van der Waals surface area (Å²) in [6.07, 6.45) is 1.50. The summed E-state index contributed by atoms with van der Waals surface area (Å²) in [6.45, 7) is 0. The van der Waals surface area contributed by atoms with Crippen molar-refractivity contribution in [3.8, 4) is 11.5 Å². The fraction of sp³-hybridized carbons (Fsp3) is 0.0476. The number of nitrogens with zero attached hydrogens (tertiary/aromatic N) is 2. The Labute approximate surface area is 166 Å². The van der Waals surface area contributed by atoms with Gasteiger partial charge in [0.25, 0.3) is 5.69 Å². The van der Waals surface area contributed by atoms with Crippen LogP contribution < -0.4 is 14.9 Å². The van der Waals surface area contributed by atoms with Crippen molar-refractivity contribution in [3.63, 3.8) is 0 Å². The van der Waals surface area contributed by atoms with Gasteiger partial charge in [-0.3, -0.25) is 15.5 Å². The Bertz CT molecular complexity index is 1030. The lowest BCUT2D eigenvalue weighted by Crippen LogP contribution is -2.09. The molecule has 3 aromatic carbocycles. The molecule has 8 nitrogen and oxygen atoms in total. The molecule has 3 rings (SSSR count). The van der Waals surface area contributed by atoms with E-state index in [1.165, 1.54) is 18.3 Å². The van der Waals surface area contributed by atoms with Crippen LogP contribution >= 0.6 is 0 Å². The van der Waals surface area contributed by atoms with Gasteiger partial charge in [0.1, 0.15) is 11.5 Å². The average Bonchev–Trinajstić information content (AvgIpc) is 2.75. The molecule has 3 aromatic rings. The van der Waals surface area contributed by atoms with E-state index in [-0.39, 0.29) is 5.69 Å². The number of hydrazone groups is 1. The zero-order chi connectivity index (χ0) is 20.6. The highest BCUT2D eigenvalue weighted by atomic mass is 16.6. The minimum absolute atomic E-state index is 0.00433. The molecule has 0 fully saturated rings. The van der Waals surface area contributed by atoms with Gasteiger partial charge in [0.15, 0.2) is 0 Å². The molecule has 0 heterocycles. The Hall–Kier alpha value is -4.20. The van der Waals surface area contributed by atoms with Gasteiger partial charge in [0.05, 0.1) is 29.5 Å². The van der Waals surface area contributed by atoms with Crippen LogP contribution in [0, 0.1) is 10.1 Å². The number of methoxy groups -OCH3 is 1. The Morgan fingerprint density at radius 2 is 1.72 bits per heavy atom. The van der Waals surface area contributed by atoms with Crippen molar-refractivity contribution in [2.75, 3.05) is 12.5 Å². The van der Waals surface area contributed by atoms with E-state index in [4.69, 9.17) is 9.47 Å². The number of rotatable bonds is 7. The number of nitro groups is 1. The number of benzene rings is 3. The molecule has 0 unspecified atom stereocenters. The van der Waals surface area contributed by atoms with E-state index in [9.17, 15) is 14.9 Å². The number of nitrogens with one attached hydrogen (secondary N) is 1. The number of carbonyl (C=O) groups is 1. The fourth-order valence-corrected chi connectivity index (χ4v) is 2.40. The molecule has 0 saturated heterocycles. The van der Waals surface area contributed by atoms with Crippen LogP contribution in [0.1, 0.15) is 15.9 Å². The van der Waals surface area contributed by atoms with Gasteiger partial charge in [0, 0.05) is 17.7 Å². The second-order valence-electron chi connectivity index (χ2n) is 5.83. The van der Waals surface area contributed by atoms with Crippen LogP contribution in [-0.4, -0.2) is 24.2 Å². The van der Waals surface area contributed by atoms with Crippen molar-refractivity contribution in [3.05, 3.63) is 94.0 Å². The van der Waals surface area contributed by atoms with Gasteiger partial charge >= 0.3 is 5.97 Å². The van der Waals surface area contributed by atoms with Gasteiger partial charge in [-0.15, -0.1) is 0 Å². The van der Waals surface area contributed by atoms with Crippen molar-refractivity contribution in [2.45, 2.75) is 0 Å². The van der Waals surface area contributed by atoms with Crippen LogP contribution in [0.15, 0.2) is 77.9 Å². The average molecular weight is 391 g/mol. The summed E-state index contributed by atoms with van der Waals surface area (Å²) in [5, 5.41) is 14.8. The highest BCUT2D eigenvalue weighted by Gasteiger charge is 2.11. The number of non-ortho nitro benzene ring substituents is 1.